The Morgan fingerprint density at radius 3 is 2.88 bits per heavy atom. The topological polar surface area (TPSA) is 38.3 Å². The predicted octanol–water partition coefficient (Wildman–Crippen LogP) is 2.93. The van der Waals surface area contributed by atoms with Crippen molar-refractivity contribution in [1.82, 2.24) is 0 Å². The molecule has 6 rings (SSSR count). The number of ether oxygens (including phenoxy) is 1. The molecule has 0 aromatic heterocycles. The van der Waals surface area contributed by atoms with Crippen LogP contribution in [0.5, 0.6) is 0 Å². The van der Waals surface area contributed by atoms with Gasteiger partial charge in [-0.2, -0.15) is 0 Å². The number of carbonyl (C=O) groups is 1. The SMILES string of the molecule is COC(=O)[C@@H]1C[C@@]23CCC[N@+]4(C)CC[C@]5(c6ccccc6N[C@@]15[C@H]2C)[C@H]34. The summed E-state index contributed by atoms with van der Waals surface area (Å²) in [5.41, 5.74) is 2.92. The van der Waals surface area contributed by atoms with Crippen molar-refractivity contribution < 1.29 is 14.0 Å². The van der Waals surface area contributed by atoms with Crippen LogP contribution in [0, 0.1) is 17.3 Å². The Balaban J connectivity index is 1.69. The summed E-state index contributed by atoms with van der Waals surface area (Å²) < 4.78 is 6.56. The highest BCUT2D eigenvalue weighted by Crippen LogP contribution is 2.80. The van der Waals surface area contributed by atoms with E-state index in [4.69, 9.17) is 4.74 Å². The number of nitrogens with one attached hydrogen (secondary N) is 1. The van der Waals surface area contributed by atoms with Crippen LogP contribution >= 0.6 is 0 Å². The van der Waals surface area contributed by atoms with Crippen molar-refractivity contribution in [3.63, 3.8) is 0 Å². The van der Waals surface area contributed by atoms with Crippen LogP contribution in [0.2, 0.25) is 0 Å². The number of nitrogens with zero attached hydrogens (tertiary/aromatic N) is 1. The first-order valence-electron chi connectivity index (χ1n) is 10.3. The molecule has 0 radical (unpaired) electrons. The van der Waals surface area contributed by atoms with Crippen molar-refractivity contribution in [3.8, 4) is 0 Å². The minimum atomic E-state index is -0.172. The van der Waals surface area contributed by atoms with Gasteiger partial charge >= 0.3 is 5.97 Å². The highest BCUT2D eigenvalue weighted by atomic mass is 16.5. The molecule has 4 nitrogen and oxygen atoms in total. The maximum atomic E-state index is 13.0. The first kappa shape index (κ1) is 15.5. The van der Waals surface area contributed by atoms with Gasteiger partial charge in [-0.15, -0.1) is 0 Å². The summed E-state index contributed by atoms with van der Waals surface area (Å²) in [4.78, 5) is 13.0. The molecule has 2 bridgehead atoms. The number of fused-ring (bicyclic) bond motifs is 1. The van der Waals surface area contributed by atoms with E-state index in [1.807, 2.05) is 0 Å². The molecule has 3 spiro atoms. The Hall–Kier alpha value is -1.55. The first-order valence-corrected chi connectivity index (χ1v) is 10.3. The first-order chi connectivity index (χ1) is 12.5. The summed E-state index contributed by atoms with van der Waals surface area (Å²) in [5.74, 6) is 0.462. The molecule has 4 fully saturated rings. The molecule has 26 heavy (non-hydrogen) atoms. The van der Waals surface area contributed by atoms with Crippen LogP contribution in [0.3, 0.4) is 0 Å². The molecule has 2 aliphatic carbocycles. The maximum Gasteiger partial charge on any atom is 0.311 e. The minimum absolute atomic E-state index is 0.00136. The Morgan fingerprint density at radius 1 is 1.27 bits per heavy atom. The maximum absolute atomic E-state index is 13.0. The van der Waals surface area contributed by atoms with Crippen LogP contribution in [0.15, 0.2) is 24.3 Å². The number of anilines is 1. The zero-order valence-corrected chi connectivity index (χ0v) is 16.0. The van der Waals surface area contributed by atoms with Crippen molar-refractivity contribution in [3.05, 3.63) is 29.8 Å². The molecule has 2 saturated heterocycles. The second kappa shape index (κ2) is 4.30. The third-order valence-corrected chi connectivity index (χ3v) is 9.62. The van der Waals surface area contributed by atoms with Crippen LogP contribution in [0.4, 0.5) is 5.69 Å². The molecule has 1 aromatic carbocycles. The monoisotopic (exact) mass is 353 g/mol. The Kier molecular flexibility index (Phi) is 2.56. The van der Waals surface area contributed by atoms with Crippen molar-refractivity contribution >= 4 is 11.7 Å². The van der Waals surface area contributed by atoms with E-state index < -0.39 is 0 Å². The molecule has 5 aliphatic rings. The van der Waals surface area contributed by atoms with E-state index in [2.05, 4.69) is 43.6 Å². The average molecular weight is 353 g/mol. The van der Waals surface area contributed by atoms with E-state index >= 15 is 0 Å². The summed E-state index contributed by atoms with van der Waals surface area (Å²) in [6.07, 6.45) is 4.76. The molecular formula is C22H29N2O2+. The van der Waals surface area contributed by atoms with E-state index in [-0.39, 0.29) is 28.3 Å². The molecule has 7 atom stereocenters. The molecule has 1 aromatic rings. The summed E-state index contributed by atoms with van der Waals surface area (Å²) in [6.45, 7) is 4.98. The second-order valence-electron chi connectivity index (χ2n) is 9.93. The predicted molar refractivity (Wildman–Crippen MR) is 99.8 cm³/mol. The highest BCUT2D eigenvalue weighted by molar-refractivity contribution is 5.82. The Morgan fingerprint density at radius 2 is 2.08 bits per heavy atom. The summed E-state index contributed by atoms with van der Waals surface area (Å²) in [7, 11) is 4.06. The van der Waals surface area contributed by atoms with Gasteiger partial charge in [-0.3, -0.25) is 4.79 Å². The smallest absolute Gasteiger partial charge is 0.311 e. The van der Waals surface area contributed by atoms with Gasteiger partial charge in [-0.1, -0.05) is 25.1 Å². The van der Waals surface area contributed by atoms with Gasteiger partial charge in [-0.25, -0.2) is 0 Å². The summed E-state index contributed by atoms with van der Waals surface area (Å²) in [6, 6.07) is 9.52. The standard InChI is InChI=1S/C22H29N2O2/c1-14-20-9-6-11-24(2)12-10-21(19(20)24)15-7-4-5-8-17(15)23-22(14,21)16(13-20)18(25)26-3/h4-5,7-8,14,16,19,23H,6,9-13H2,1-3H3/q+1/t14-,16-,19-,20-,21-,22-,24+/m0/s1. The Labute approximate surface area is 155 Å². The Bertz CT molecular complexity index is 839. The van der Waals surface area contributed by atoms with E-state index in [1.165, 1.54) is 48.1 Å². The van der Waals surface area contributed by atoms with Gasteiger partial charge in [0.05, 0.1) is 44.1 Å². The molecule has 3 heterocycles. The third kappa shape index (κ3) is 1.24. The van der Waals surface area contributed by atoms with Gasteiger partial charge in [0.1, 0.15) is 6.04 Å². The van der Waals surface area contributed by atoms with Gasteiger partial charge in [0.25, 0.3) is 0 Å². The number of carbonyl (C=O) groups excluding carboxylic acids is 1. The minimum Gasteiger partial charge on any atom is -0.469 e. The zero-order chi connectivity index (χ0) is 17.9. The van der Waals surface area contributed by atoms with E-state index in [0.29, 0.717) is 12.0 Å². The van der Waals surface area contributed by atoms with Gasteiger partial charge in [0.15, 0.2) is 0 Å². The lowest BCUT2D eigenvalue weighted by molar-refractivity contribution is -0.936. The lowest BCUT2D eigenvalue weighted by Gasteiger charge is -2.54. The van der Waals surface area contributed by atoms with Crippen LogP contribution in [-0.2, 0) is 14.9 Å². The van der Waals surface area contributed by atoms with E-state index in [9.17, 15) is 4.79 Å². The van der Waals surface area contributed by atoms with E-state index in [0.717, 1.165) is 6.42 Å². The third-order valence-electron chi connectivity index (χ3n) is 9.62. The number of hydrogen-bond acceptors (Lipinski definition) is 3. The number of rotatable bonds is 1. The number of hydrogen-bond donors (Lipinski definition) is 1. The van der Waals surface area contributed by atoms with Crippen LogP contribution < -0.4 is 5.32 Å². The van der Waals surface area contributed by atoms with Gasteiger partial charge < -0.3 is 14.5 Å². The number of benzene rings is 1. The molecule has 3 aliphatic heterocycles. The summed E-state index contributed by atoms with van der Waals surface area (Å²) in [5, 5.41) is 3.99. The lowest BCUT2D eigenvalue weighted by Crippen LogP contribution is -2.67. The second-order valence-corrected chi connectivity index (χ2v) is 9.93. The van der Waals surface area contributed by atoms with E-state index in [1.54, 1.807) is 7.11 Å². The van der Waals surface area contributed by atoms with Gasteiger partial charge in [0, 0.05) is 17.5 Å². The van der Waals surface area contributed by atoms with Crippen molar-refractivity contribution in [2.45, 2.75) is 49.6 Å². The number of para-hydroxylation sites is 1. The quantitative estimate of drug-likeness (QED) is 0.623. The highest BCUT2D eigenvalue weighted by Gasteiger charge is 2.89. The molecule has 1 N–H and O–H groups in total. The normalized spacial score (nSPS) is 52.2. The number of quaternary nitrogens is 1. The van der Waals surface area contributed by atoms with Crippen LogP contribution in [0.1, 0.15) is 38.2 Å². The average Bonchev–Trinajstić information content (AvgIpc) is 3.27. The zero-order valence-electron chi connectivity index (χ0n) is 16.0. The molecule has 0 amide bonds. The lowest BCUT2D eigenvalue weighted by atomic mass is 9.56. The summed E-state index contributed by atoms with van der Waals surface area (Å²) >= 11 is 0. The van der Waals surface area contributed by atoms with Crippen LogP contribution in [-0.4, -0.2) is 49.3 Å². The molecule has 0 unspecified atom stereocenters. The molecule has 138 valence electrons. The van der Waals surface area contributed by atoms with Crippen molar-refractivity contribution in [1.29, 1.82) is 0 Å². The molecule has 2 saturated carbocycles. The fourth-order valence-electron chi connectivity index (χ4n) is 9.19. The van der Waals surface area contributed by atoms with Crippen molar-refractivity contribution in [2.75, 3.05) is 32.6 Å². The van der Waals surface area contributed by atoms with Crippen molar-refractivity contribution in [2.24, 2.45) is 17.3 Å². The molecular weight excluding hydrogens is 324 g/mol. The number of piperidine rings is 1. The van der Waals surface area contributed by atoms with Gasteiger partial charge in [-0.05, 0) is 36.8 Å². The molecule has 4 heteroatoms. The number of methoxy groups -OCH3 is 1. The number of esters is 1. The fourth-order valence-corrected chi connectivity index (χ4v) is 9.19. The largest absolute Gasteiger partial charge is 0.469 e. The fraction of sp³-hybridized carbons (Fsp3) is 0.682. The van der Waals surface area contributed by atoms with Gasteiger partial charge in [0.2, 0.25) is 0 Å². The van der Waals surface area contributed by atoms with Crippen LogP contribution in [0.25, 0.3) is 0 Å². The number of likely N-dealkylation sites (N-methyl/N-ethyl adjacent to an activating group) is 1.